The maximum absolute atomic E-state index is 13.8. The van der Waals surface area contributed by atoms with Gasteiger partial charge < -0.3 is 5.32 Å². The molecule has 116 valence electrons. The highest BCUT2D eigenvalue weighted by Crippen LogP contribution is 2.26. The predicted molar refractivity (Wildman–Crippen MR) is 86.4 cm³/mol. The number of nitrogens with one attached hydrogen (secondary N) is 1. The molecule has 0 aliphatic heterocycles. The van der Waals surface area contributed by atoms with Crippen molar-refractivity contribution >= 4 is 17.2 Å². The molecule has 1 atom stereocenters. The summed E-state index contributed by atoms with van der Waals surface area (Å²) in [5.41, 5.74) is 0.717. The summed E-state index contributed by atoms with van der Waals surface area (Å²) in [6, 6.07) is 15.0. The maximum Gasteiger partial charge on any atom is 0.255 e. The largest absolute Gasteiger partial charge is 0.340 e. The number of halogens is 2. The molecule has 1 amide bonds. The van der Waals surface area contributed by atoms with Gasteiger partial charge in [0.15, 0.2) is 0 Å². The molecular formula is C18H13F2NOS. The summed E-state index contributed by atoms with van der Waals surface area (Å²) < 4.78 is 26.9. The second-order valence-corrected chi connectivity index (χ2v) is 5.93. The molecule has 5 heteroatoms. The lowest BCUT2D eigenvalue weighted by atomic mass is 10.0. The Labute approximate surface area is 136 Å². The van der Waals surface area contributed by atoms with Crippen LogP contribution in [0.2, 0.25) is 0 Å². The summed E-state index contributed by atoms with van der Waals surface area (Å²) in [6.45, 7) is 0. The van der Waals surface area contributed by atoms with Gasteiger partial charge in [0.2, 0.25) is 0 Å². The first-order valence-corrected chi connectivity index (χ1v) is 7.87. The summed E-state index contributed by atoms with van der Waals surface area (Å²) >= 11 is 1.47. The van der Waals surface area contributed by atoms with Gasteiger partial charge in [-0.3, -0.25) is 4.79 Å². The van der Waals surface area contributed by atoms with Crippen LogP contribution in [0.1, 0.15) is 26.8 Å². The van der Waals surface area contributed by atoms with Gasteiger partial charge in [0, 0.05) is 4.88 Å². The van der Waals surface area contributed by atoms with Crippen LogP contribution in [0.15, 0.2) is 66.0 Å². The molecule has 0 radical (unpaired) electrons. The minimum atomic E-state index is -0.575. The van der Waals surface area contributed by atoms with E-state index in [0.717, 1.165) is 10.4 Å². The fourth-order valence-corrected chi connectivity index (χ4v) is 3.09. The van der Waals surface area contributed by atoms with Crippen molar-refractivity contribution in [2.45, 2.75) is 6.04 Å². The van der Waals surface area contributed by atoms with Crippen molar-refractivity contribution in [2.75, 3.05) is 0 Å². The molecule has 0 bridgehead atoms. The topological polar surface area (TPSA) is 29.1 Å². The third-order valence-electron chi connectivity index (χ3n) is 3.42. The minimum absolute atomic E-state index is 0.0174. The van der Waals surface area contributed by atoms with Gasteiger partial charge in [-0.1, -0.05) is 30.3 Å². The molecule has 0 saturated carbocycles. The van der Waals surface area contributed by atoms with Gasteiger partial charge in [-0.05, 0) is 41.3 Å². The van der Waals surface area contributed by atoms with Gasteiger partial charge in [0.05, 0.1) is 11.6 Å². The first kappa shape index (κ1) is 15.4. The van der Waals surface area contributed by atoms with Crippen LogP contribution in [0, 0.1) is 11.6 Å². The Hall–Kier alpha value is -2.53. The summed E-state index contributed by atoms with van der Waals surface area (Å²) in [6.07, 6.45) is 0. The highest BCUT2D eigenvalue weighted by molar-refractivity contribution is 7.10. The van der Waals surface area contributed by atoms with Crippen molar-refractivity contribution in [3.8, 4) is 0 Å². The van der Waals surface area contributed by atoms with Crippen LogP contribution in [0.3, 0.4) is 0 Å². The summed E-state index contributed by atoms with van der Waals surface area (Å²) in [4.78, 5) is 13.3. The fraction of sp³-hybridized carbons (Fsp3) is 0.0556. The molecular weight excluding hydrogens is 316 g/mol. The van der Waals surface area contributed by atoms with E-state index in [1.165, 1.54) is 41.7 Å². The molecule has 3 aromatic rings. The number of benzene rings is 2. The molecule has 1 aromatic heterocycles. The van der Waals surface area contributed by atoms with E-state index in [1.807, 2.05) is 17.5 Å². The fourth-order valence-electron chi connectivity index (χ4n) is 2.28. The number of carbonyl (C=O) groups excluding carboxylic acids is 1. The Balaban J connectivity index is 1.92. The Morgan fingerprint density at radius 3 is 2.35 bits per heavy atom. The lowest BCUT2D eigenvalue weighted by Gasteiger charge is -2.18. The zero-order valence-corrected chi connectivity index (χ0v) is 12.8. The van der Waals surface area contributed by atoms with E-state index in [4.69, 9.17) is 0 Å². The van der Waals surface area contributed by atoms with E-state index in [2.05, 4.69) is 5.32 Å². The third kappa shape index (κ3) is 3.46. The molecule has 2 nitrogen and oxygen atoms in total. The Morgan fingerprint density at radius 1 is 0.957 bits per heavy atom. The normalized spacial score (nSPS) is 11.9. The lowest BCUT2D eigenvalue weighted by molar-refractivity contribution is 0.0939. The molecule has 0 saturated heterocycles. The van der Waals surface area contributed by atoms with E-state index in [0.29, 0.717) is 0 Å². The highest BCUT2D eigenvalue weighted by atomic mass is 32.1. The van der Waals surface area contributed by atoms with Gasteiger partial charge in [0.25, 0.3) is 5.91 Å². The summed E-state index contributed by atoms with van der Waals surface area (Å²) in [5.74, 6) is -1.43. The molecule has 2 aromatic carbocycles. The van der Waals surface area contributed by atoms with Crippen LogP contribution in [0.5, 0.6) is 0 Å². The van der Waals surface area contributed by atoms with Crippen molar-refractivity contribution in [2.24, 2.45) is 0 Å². The monoisotopic (exact) mass is 329 g/mol. The van der Waals surface area contributed by atoms with Gasteiger partial charge in [-0.25, -0.2) is 8.78 Å². The first-order valence-electron chi connectivity index (χ1n) is 6.99. The van der Waals surface area contributed by atoms with Gasteiger partial charge in [0.1, 0.15) is 11.6 Å². The van der Waals surface area contributed by atoms with Gasteiger partial charge in [-0.15, -0.1) is 11.3 Å². The Morgan fingerprint density at radius 2 is 1.70 bits per heavy atom. The molecule has 1 heterocycles. The number of carbonyl (C=O) groups is 1. The van der Waals surface area contributed by atoms with E-state index >= 15 is 0 Å². The van der Waals surface area contributed by atoms with Crippen LogP contribution in [0.25, 0.3) is 0 Å². The Kier molecular flexibility index (Phi) is 4.48. The molecule has 0 spiro atoms. The summed E-state index contributed by atoms with van der Waals surface area (Å²) in [5, 5.41) is 4.71. The standard InChI is InChI=1S/C18H13F2NOS/c19-13-9-7-12(8-10-13)17(16-6-3-11-23-16)21-18(22)14-4-1-2-5-15(14)20/h1-11,17H,(H,21,22). The second kappa shape index (κ2) is 6.71. The zero-order chi connectivity index (χ0) is 16.2. The van der Waals surface area contributed by atoms with E-state index in [9.17, 15) is 13.6 Å². The van der Waals surface area contributed by atoms with Gasteiger partial charge >= 0.3 is 0 Å². The van der Waals surface area contributed by atoms with Crippen LogP contribution in [-0.2, 0) is 0 Å². The molecule has 0 aliphatic rings. The number of amides is 1. The lowest BCUT2D eigenvalue weighted by Crippen LogP contribution is -2.29. The van der Waals surface area contributed by atoms with Crippen molar-refractivity contribution in [3.63, 3.8) is 0 Å². The average Bonchev–Trinajstić information content (AvgIpc) is 3.08. The minimum Gasteiger partial charge on any atom is -0.340 e. The molecule has 1 unspecified atom stereocenters. The SMILES string of the molecule is O=C(NC(c1ccc(F)cc1)c1cccs1)c1ccccc1F. The van der Waals surface area contributed by atoms with Crippen LogP contribution < -0.4 is 5.32 Å². The van der Waals surface area contributed by atoms with E-state index in [1.54, 1.807) is 18.2 Å². The third-order valence-corrected chi connectivity index (χ3v) is 4.36. The van der Waals surface area contributed by atoms with Crippen molar-refractivity contribution in [3.05, 3.63) is 93.7 Å². The number of hydrogen-bond acceptors (Lipinski definition) is 2. The molecule has 1 N–H and O–H groups in total. The molecule has 3 rings (SSSR count). The smallest absolute Gasteiger partial charge is 0.255 e. The first-order chi connectivity index (χ1) is 11.1. The van der Waals surface area contributed by atoms with E-state index in [-0.39, 0.29) is 11.4 Å². The van der Waals surface area contributed by atoms with Crippen molar-refractivity contribution in [1.82, 2.24) is 5.32 Å². The van der Waals surface area contributed by atoms with Crippen LogP contribution in [-0.4, -0.2) is 5.91 Å². The van der Waals surface area contributed by atoms with E-state index < -0.39 is 17.8 Å². The highest BCUT2D eigenvalue weighted by Gasteiger charge is 2.20. The molecule has 0 fully saturated rings. The van der Waals surface area contributed by atoms with Crippen molar-refractivity contribution < 1.29 is 13.6 Å². The molecule has 23 heavy (non-hydrogen) atoms. The van der Waals surface area contributed by atoms with Crippen LogP contribution >= 0.6 is 11.3 Å². The Bertz CT molecular complexity index is 800. The summed E-state index contributed by atoms with van der Waals surface area (Å²) in [7, 11) is 0. The van der Waals surface area contributed by atoms with Gasteiger partial charge in [-0.2, -0.15) is 0 Å². The number of thiophene rings is 1. The quantitative estimate of drug-likeness (QED) is 0.748. The molecule has 0 aliphatic carbocycles. The predicted octanol–water partition coefficient (Wildman–Crippen LogP) is 4.55. The van der Waals surface area contributed by atoms with Crippen molar-refractivity contribution in [1.29, 1.82) is 0 Å². The van der Waals surface area contributed by atoms with Crippen LogP contribution in [0.4, 0.5) is 8.78 Å². The maximum atomic E-state index is 13.8. The average molecular weight is 329 g/mol. The number of hydrogen-bond donors (Lipinski definition) is 1. The second-order valence-electron chi connectivity index (χ2n) is 4.95. The zero-order valence-electron chi connectivity index (χ0n) is 12.0. The number of rotatable bonds is 4.